The minimum Gasteiger partial charge on any atom is -0.480 e. The molecule has 6 nitrogen and oxygen atoms in total. The van der Waals surface area contributed by atoms with Crippen molar-refractivity contribution in [3.63, 3.8) is 0 Å². The molecule has 1 aromatic heterocycles. The fraction of sp³-hybridized carbons (Fsp3) is 0.154. The number of benzene rings is 1. The third-order valence-corrected chi connectivity index (χ3v) is 2.78. The van der Waals surface area contributed by atoms with E-state index in [9.17, 15) is 14.4 Å². The molecule has 0 radical (unpaired) electrons. The van der Waals surface area contributed by atoms with E-state index in [1.807, 2.05) is 0 Å². The number of carbonyl (C=O) groups excluding carboxylic acids is 1. The molecule has 0 saturated heterocycles. The summed E-state index contributed by atoms with van der Waals surface area (Å²) in [4.78, 5) is 34.2. The van der Waals surface area contributed by atoms with Crippen molar-refractivity contribution < 1.29 is 14.7 Å². The lowest BCUT2D eigenvalue weighted by atomic mass is 10.1. The van der Waals surface area contributed by atoms with Gasteiger partial charge in [0.1, 0.15) is 12.1 Å². The molecule has 0 bridgehead atoms. The minimum absolute atomic E-state index is 0.0672. The number of aliphatic carboxylic acids is 1. The molecule has 1 aromatic carbocycles. The zero-order valence-electron chi connectivity index (χ0n) is 10.2. The Balaban J connectivity index is 2.49. The molecular formula is C13H12N2O4. The summed E-state index contributed by atoms with van der Waals surface area (Å²) < 4.78 is 1.37. The second kappa shape index (κ2) is 4.93. The summed E-state index contributed by atoms with van der Waals surface area (Å²) >= 11 is 0. The van der Waals surface area contributed by atoms with E-state index in [1.165, 1.54) is 10.6 Å². The first-order chi connectivity index (χ1) is 9.00. The van der Waals surface area contributed by atoms with Gasteiger partial charge < -0.3 is 15.0 Å². The van der Waals surface area contributed by atoms with E-state index >= 15 is 0 Å². The Hall–Kier alpha value is -2.63. The average Bonchev–Trinajstić information content (AvgIpc) is 2.40. The molecule has 6 heteroatoms. The fourth-order valence-corrected chi connectivity index (χ4v) is 1.84. The molecule has 0 saturated carbocycles. The number of pyridine rings is 1. The first kappa shape index (κ1) is 12.8. The molecule has 0 aliphatic heterocycles. The van der Waals surface area contributed by atoms with E-state index in [0.717, 1.165) is 5.39 Å². The Labute approximate surface area is 108 Å². The van der Waals surface area contributed by atoms with Crippen LogP contribution >= 0.6 is 0 Å². The number of hydrogen-bond acceptors (Lipinski definition) is 3. The third-order valence-electron chi connectivity index (χ3n) is 2.78. The lowest BCUT2D eigenvalue weighted by Gasteiger charge is -2.08. The van der Waals surface area contributed by atoms with E-state index in [0.29, 0.717) is 5.52 Å². The summed E-state index contributed by atoms with van der Waals surface area (Å²) in [6, 6.07) is 8.62. The molecule has 0 unspecified atom stereocenters. The zero-order valence-corrected chi connectivity index (χ0v) is 10.2. The number of hydrogen-bond donors (Lipinski definition) is 2. The van der Waals surface area contributed by atoms with E-state index < -0.39 is 24.0 Å². The van der Waals surface area contributed by atoms with Crippen LogP contribution < -0.4 is 10.9 Å². The number of nitrogens with one attached hydrogen (secondary N) is 1. The van der Waals surface area contributed by atoms with Gasteiger partial charge in [-0.2, -0.15) is 0 Å². The highest BCUT2D eigenvalue weighted by Crippen LogP contribution is 2.12. The van der Waals surface area contributed by atoms with E-state index in [1.54, 1.807) is 31.3 Å². The number of fused-ring (bicyclic) bond motifs is 1. The largest absolute Gasteiger partial charge is 0.480 e. The minimum atomic E-state index is -1.16. The van der Waals surface area contributed by atoms with Crippen LogP contribution in [0.3, 0.4) is 0 Å². The number of rotatable bonds is 3. The summed E-state index contributed by atoms with van der Waals surface area (Å²) in [5.41, 5.74) is 0.186. The van der Waals surface area contributed by atoms with Gasteiger partial charge in [0.2, 0.25) is 0 Å². The van der Waals surface area contributed by atoms with Gasteiger partial charge in [-0.1, -0.05) is 18.2 Å². The number of carboxylic acid groups (broad SMARTS) is 1. The van der Waals surface area contributed by atoms with Gasteiger partial charge in [0.05, 0.1) is 5.52 Å². The summed E-state index contributed by atoms with van der Waals surface area (Å²) in [5, 5.41) is 11.4. The number of aromatic nitrogens is 1. The van der Waals surface area contributed by atoms with Crippen LogP contribution in [0.25, 0.3) is 10.9 Å². The highest BCUT2D eigenvalue weighted by molar-refractivity contribution is 5.98. The molecule has 1 amide bonds. The molecule has 1 heterocycles. The molecular weight excluding hydrogens is 248 g/mol. The topological polar surface area (TPSA) is 88.4 Å². The second-order valence-corrected chi connectivity index (χ2v) is 4.06. The molecule has 19 heavy (non-hydrogen) atoms. The molecule has 2 aromatic rings. The smallest absolute Gasteiger partial charge is 0.322 e. The molecule has 0 fully saturated rings. The van der Waals surface area contributed by atoms with Crippen molar-refractivity contribution in [2.75, 3.05) is 6.54 Å². The molecule has 0 spiro atoms. The zero-order chi connectivity index (χ0) is 14.0. The number of carboxylic acids is 1. The van der Waals surface area contributed by atoms with Crippen LogP contribution in [0.15, 0.2) is 35.1 Å². The van der Waals surface area contributed by atoms with Crippen LogP contribution in [0.4, 0.5) is 0 Å². The Morgan fingerprint density at radius 3 is 2.68 bits per heavy atom. The Bertz CT molecular complexity index is 718. The number of aryl methyl sites for hydroxylation is 1. The average molecular weight is 260 g/mol. The van der Waals surface area contributed by atoms with E-state index in [2.05, 4.69) is 5.32 Å². The van der Waals surface area contributed by atoms with Crippen LogP contribution in [0.2, 0.25) is 0 Å². The highest BCUT2D eigenvalue weighted by Gasteiger charge is 2.14. The van der Waals surface area contributed by atoms with Gasteiger partial charge in [-0.25, -0.2) is 0 Å². The third kappa shape index (κ3) is 2.47. The molecule has 0 atom stereocenters. The van der Waals surface area contributed by atoms with Gasteiger partial charge in [-0.3, -0.25) is 14.4 Å². The molecule has 0 aliphatic rings. The number of amides is 1. The predicted octanol–water partition coefficient (Wildman–Crippen LogP) is 0.353. The lowest BCUT2D eigenvalue weighted by Crippen LogP contribution is -2.35. The van der Waals surface area contributed by atoms with Gasteiger partial charge in [0.15, 0.2) is 0 Å². The number of nitrogens with zero attached hydrogens (tertiary/aromatic N) is 1. The monoisotopic (exact) mass is 260 g/mol. The molecule has 2 N–H and O–H groups in total. The first-order valence-electron chi connectivity index (χ1n) is 5.59. The molecule has 0 aliphatic carbocycles. The summed E-state index contributed by atoms with van der Waals surface area (Å²) in [5.74, 6) is -1.85. The van der Waals surface area contributed by atoms with Gasteiger partial charge in [-0.15, -0.1) is 0 Å². The maximum Gasteiger partial charge on any atom is 0.322 e. The van der Waals surface area contributed by atoms with Gasteiger partial charge in [-0.05, 0) is 17.5 Å². The van der Waals surface area contributed by atoms with Crippen molar-refractivity contribution in [2.45, 2.75) is 0 Å². The van der Waals surface area contributed by atoms with E-state index in [-0.39, 0.29) is 5.56 Å². The Kier molecular flexibility index (Phi) is 3.33. The second-order valence-electron chi connectivity index (χ2n) is 4.06. The lowest BCUT2D eigenvalue weighted by molar-refractivity contribution is -0.135. The number of para-hydroxylation sites is 1. The van der Waals surface area contributed by atoms with Crippen molar-refractivity contribution in [2.24, 2.45) is 7.05 Å². The molecule has 98 valence electrons. The summed E-state index contributed by atoms with van der Waals surface area (Å²) in [6.45, 7) is -0.519. The normalized spacial score (nSPS) is 10.4. The van der Waals surface area contributed by atoms with Crippen molar-refractivity contribution in [3.05, 3.63) is 46.2 Å². The Morgan fingerprint density at radius 1 is 1.32 bits per heavy atom. The van der Waals surface area contributed by atoms with E-state index in [4.69, 9.17) is 5.11 Å². The maximum atomic E-state index is 12.0. The maximum absolute atomic E-state index is 12.0. The van der Waals surface area contributed by atoms with Gasteiger partial charge >= 0.3 is 5.97 Å². The van der Waals surface area contributed by atoms with Crippen LogP contribution in [0, 0.1) is 0 Å². The molecule has 2 rings (SSSR count). The fourth-order valence-electron chi connectivity index (χ4n) is 1.84. The van der Waals surface area contributed by atoms with Crippen LogP contribution in [0.5, 0.6) is 0 Å². The van der Waals surface area contributed by atoms with Crippen LogP contribution in [-0.2, 0) is 11.8 Å². The first-order valence-corrected chi connectivity index (χ1v) is 5.59. The Morgan fingerprint density at radius 2 is 2.00 bits per heavy atom. The summed E-state index contributed by atoms with van der Waals surface area (Å²) in [7, 11) is 1.57. The van der Waals surface area contributed by atoms with Gasteiger partial charge in [0.25, 0.3) is 11.5 Å². The highest BCUT2D eigenvalue weighted by atomic mass is 16.4. The van der Waals surface area contributed by atoms with Crippen molar-refractivity contribution >= 4 is 22.8 Å². The van der Waals surface area contributed by atoms with Crippen LogP contribution in [0.1, 0.15) is 10.4 Å². The quantitative estimate of drug-likeness (QED) is 0.833. The van der Waals surface area contributed by atoms with Crippen molar-refractivity contribution in [3.8, 4) is 0 Å². The van der Waals surface area contributed by atoms with Crippen LogP contribution in [-0.4, -0.2) is 28.1 Å². The van der Waals surface area contributed by atoms with Crippen molar-refractivity contribution in [1.29, 1.82) is 0 Å². The van der Waals surface area contributed by atoms with Crippen molar-refractivity contribution in [1.82, 2.24) is 9.88 Å². The standard InChI is InChI=1S/C13H12N2O4/c1-15-10-5-3-2-4-8(10)6-9(13(15)19)12(18)14-7-11(16)17/h2-6H,7H2,1H3,(H,14,18)(H,16,17). The predicted molar refractivity (Wildman–Crippen MR) is 69.2 cm³/mol. The summed E-state index contributed by atoms with van der Waals surface area (Å²) in [6.07, 6.45) is 0. The van der Waals surface area contributed by atoms with Gasteiger partial charge in [0, 0.05) is 7.05 Å². The number of carbonyl (C=O) groups is 2. The SMILES string of the molecule is Cn1c(=O)c(C(=O)NCC(=O)O)cc2ccccc21.